The average Bonchev–Trinajstić information content (AvgIpc) is 3.20. The van der Waals surface area contributed by atoms with Crippen molar-refractivity contribution in [2.24, 2.45) is 0 Å². The van der Waals surface area contributed by atoms with E-state index in [1.165, 1.54) is 6.07 Å². The summed E-state index contributed by atoms with van der Waals surface area (Å²) in [7, 11) is 0. The minimum atomic E-state index is -0.718. The lowest BCUT2D eigenvalue weighted by Crippen LogP contribution is -2.30. The van der Waals surface area contributed by atoms with Crippen LogP contribution in [0.15, 0.2) is 40.8 Å². The van der Waals surface area contributed by atoms with E-state index in [4.69, 9.17) is 4.42 Å². The average molecular weight is 330 g/mol. The Labute approximate surface area is 136 Å². The molecule has 0 aliphatic heterocycles. The van der Waals surface area contributed by atoms with E-state index in [0.29, 0.717) is 11.4 Å². The van der Waals surface area contributed by atoms with Gasteiger partial charge in [-0.25, -0.2) is 4.79 Å². The first-order valence-corrected chi connectivity index (χ1v) is 7.24. The van der Waals surface area contributed by atoms with E-state index in [1.54, 1.807) is 24.3 Å². The number of nitrogens with zero attached hydrogens (tertiary/aromatic N) is 1. The molecule has 3 rings (SSSR count). The number of anilines is 2. The molecule has 0 atom stereocenters. The summed E-state index contributed by atoms with van der Waals surface area (Å²) >= 11 is 0. The smallest absolute Gasteiger partial charge is 0.395 e. The van der Waals surface area contributed by atoms with Crippen LogP contribution < -0.4 is 16.0 Å². The highest BCUT2D eigenvalue weighted by molar-refractivity contribution is 6.02. The normalized spacial score (nSPS) is 13.2. The topological polar surface area (TPSA) is 127 Å². The van der Waals surface area contributed by atoms with Crippen molar-refractivity contribution in [2.45, 2.75) is 18.9 Å². The van der Waals surface area contributed by atoms with Crippen LogP contribution in [-0.2, 0) is 0 Å². The largest absolute Gasteiger partial charge is 0.433 e. The van der Waals surface area contributed by atoms with E-state index >= 15 is 0 Å². The third-order valence-electron chi connectivity index (χ3n) is 3.31. The second kappa shape index (κ2) is 6.41. The molecule has 1 aliphatic rings. The van der Waals surface area contributed by atoms with Crippen molar-refractivity contribution in [3.8, 4) is 0 Å². The first-order chi connectivity index (χ1) is 11.5. The molecule has 1 saturated carbocycles. The second-order valence-electron chi connectivity index (χ2n) is 5.30. The van der Waals surface area contributed by atoms with Crippen LogP contribution in [0.5, 0.6) is 0 Å². The molecule has 1 aromatic heterocycles. The molecule has 0 radical (unpaired) electrons. The molecule has 9 nitrogen and oxygen atoms in total. The fraction of sp³-hybridized carbons (Fsp3) is 0.200. The van der Waals surface area contributed by atoms with Gasteiger partial charge in [-0.3, -0.25) is 14.9 Å². The van der Waals surface area contributed by atoms with Crippen LogP contribution in [0.25, 0.3) is 0 Å². The molecule has 0 spiro atoms. The van der Waals surface area contributed by atoms with E-state index in [1.807, 2.05) is 0 Å². The van der Waals surface area contributed by atoms with E-state index in [2.05, 4.69) is 16.0 Å². The van der Waals surface area contributed by atoms with Crippen LogP contribution in [0.1, 0.15) is 23.4 Å². The summed E-state index contributed by atoms with van der Waals surface area (Å²) in [4.78, 5) is 33.4. The Morgan fingerprint density at radius 3 is 2.21 bits per heavy atom. The van der Waals surface area contributed by atoms with Gasteiger partial charge in [0, 0.05) is 17.4 Å². The number of hydrogen-bond donors (Lipinski definition) is 3. The number of furan rings is 1. The number of urea groups is 1. The Hall–Kier alpha value is -3.36. The standard InChI is InChI=1S/C15H14N4O5/c20-14(12-7-8-13(24-12)19(22)23)16-9-1-3-10(4-2-9)17-15(21)18-11-5-6-11/h1-4,7-8,11H,5-6H2,(H,16,20)(H2,17,18,21). The van der Waals surface area contributed by atoms with Crippen molar-refractivity contribution < 1.29 is 18.9 Å². The zero-order valence-electron chi connectivity index (χ0n) is 12.4. The Balaban J connectivity index is 1.57. The number of nitrogens with one attached hydrogen (secondary N) is 3. The van der Waals surface area contributed by atoms with Crippen molar-refractivity contribution in [1.29, 1.82) is 0 Å². The lowest BCUT2D eigenvalue weighted by Gasteiger charge is -2.08. The van der Waals surface area contributed by atoms with Crippen LogP contribution in [0.3, 0.4) is 0 Å². The second-order valence-corrected chi connectivity index (χ2v) is 5.30. The summed E-state index contributed by atoms with van der Waals surface area (Å²) in [6, 6.07) is 8.80. The van der Waals surface area contributed by atoms with Crippen molar-refractivity contribution >= 4 is 29.2 Å². The predicted molar refractivity (Wildman–Crippen MR) is 84.9 cm³/mol. The minimum Gasteiger partial charge on any atom is -0.395 e. The van der Waals surface area contributed by atoms with Gasteiger partial charge >= 0.3 is 11.9 Å². The summed E-state index contributed by atoms with van der Waals surface area (Å²) in [5.41, 5.74) is 1.05. The number of rotatable bonds is 5. The van der Waals surface area contributed by atoms with Gasteiger partial charge in [-0.05, 0) is 43.2 Å². The first-order valence-electron chi connectivity index (χ1n) is 7.24. The van der Waals surface area contributed by atoms with Gasteiger partial charge in [0.2, 0.25) is 0 Å². The van der Waals surface area contributed by atoms with Crippen LogP contribution >= 0.6 is 0 Å². The Bertz CT molecular complexity index is 779. The highest BCUT2D eigenvalue weighted by atomic mass is 16.6. The molecule has 124 valence electrons. The predicted octanol–water partition coefficient (Wildman–Crippen LogP) is 2.72. The minimum absolute atomic E-state index is 0.160. The molecule has 9 heteroatoms. The molecule has 1 heterocycles. The maximum Gasteiger partial charge on any atom is 0.433 e. The van der Waals surface area contributed by atoms with E-state index in [-0.39, 0.29) is 17.8 Å². The van der Waals surface area contributed by atoms with Crippen molar-refractivity contribution in [3.63, 3.8) is 0 Å². The number of carbonyl (C=O) groups excluding carboxylic acids is 2. The number of amides is 3. The summed E-state index contributed by atoms with van der Waals surface area (Å²) < 4.78 is 4.82. The summed E-state index contributed by atoms with van der Waals surface area (Å²) in [5, 5.41) is 18.6. The number of hydrogen-bond acceptors (Lipinski definition) is 5. The molecule has 0 unspecified atom stereocenters. The molecule has 1 fully saturated rings. The number of carbonyl (C=O) groups is 2. The fourth-order valence-electron chi connectivity index (χ4n) is 1.96. The molecular formula is C15H14N4O5. The molecule has 1 aliphatic carbocycles. The van der Waals surface area contributed by atoms with Crippen molar-refractivity contribution in [3.05, 3.63) is 52.3 Å². The molecule has 2 aromatic rings. The van der Waals surface area contributed by atoms with Crippen molar-refractivity contribution in [1.82, 2.24) is 5.32 Å². The fourth-order valence-corrected chi connectivity index (χ4v) is 1.96. The molecule has 24 heavy (non-hydrogen) atoms. The maximum absolute atomic E-state index is 11.9. The lowest BCUT2D eigenvalue weighted by molar-refractivity contribution is -0.402. The van der Waals surface area contributed by atoms with Crippen molar-refractivity contribution in [2.75, 3.05) is 10.6 Å². The molecule has 3 amide bonds. The van der Waals surface area contributed by atoms with Gasteiger partial charge in [0.25, 0.3) is 5.91 Å². The zero-order chi connectivity index (χ0) is 17.1. The highest BCUT2D eigenvalue weighted by Gasteiger charge is 2.23. The SMILES string of the molecule is O=C(Nc1ccc(NC(=O)c2ccc([N+](=O)[O-])o2)cc1)NC1CC1. The third-order valence-corrected chi connectivity index (χ3v) is 3.31. The molecule has 3 N–H and O–H groups in total. The third kappa shape index (κ3) is 3.88. The molecule has 1 aromatic carbocycles. The van der Waals surface area contributed by atoms with Gasteiger partial charge < -0.3 is 20.4 Å². The van der Waals surface area contributed by atoms with E-state index in [0.717, 1.165) is 18.9 Å². The van der Waals surface area contributed by atoms with Gasteiger partial charge in [0.15, 0.2) is 5.76 Å². The van der Waals surface area contributed by atoms with Crippen LogP contribution in [0.4, 0.5) is 22.1 Å². The van der Waals surface area contributed by atoms with Crippen LogP contribution in [0.2, 0.25) is 0 Å². The summed E-state index contributed by atoms with van der Waals surface area (Å²) in [6.45, 7) is 0. The van der Waals surface area contributed by atoms with Crippen LogP contribution in [0, 0.1) is 10.1 Å². The van der Waals surface area contributed by atoms with E-state index in [9.17, 15) is 19.7 Å². The Kier molecular flexibility index (Phi) is 4.15. The van der Waals surface area contributed by atoms with E-state index < -0.39 is 16.7 Å². The molecular weight excluding hydrogens is 316 g/mol. The lowest BCUT2D eigenvalue weighted by atomic mass is 10.2. The van der Waals surface area contributed by atoms with Gasteiger partial charge in [0.05, 0.1) is 6.07 Å². The number of benzene rings is 1. The maximum atomic E-state index is 11.9. The van der Waals surface area contributed by atoms with Crippen LogP contribution in [-0.4, -0.2) is 22.9 Å². The Morgan fingerprint density at radius 1 is 1.04 bits per heavy atom. The number of nitro groups is 1. The Morgan fingerprint density at radius 2 is 1.67 bits per heavy atom. The first kappa shape index (κ1) is 15.5. The monoisotopic (exact) mass is 330 g/mol. The summed E-state index contributed by atoms with van der Waals surface area (Å²) in [5.74, 6) is -1.26. The highest BCUT2D eigenvalue weighted by Crippen LogP contribution is 2.20. The molecule has 0 bridgehead atoms. The van der Waals surface area contributed by atoms with Gasteiger partial charge in [-0.2, -0.15) is 0 Å². The van der Waals surface area contributed by atoms with Gasteiger partial charge in [-0.15, -0.1) is 0 Å². The quantitative estimate of drug-likeness (QED) is 0.574. The zero-order valence-corrected chi connectivity index (χ0v) is 12.4. The molecule has 0 saturated heterocycles. The van der Waals surface area contributed by atoms with Gasteiger partial charge in [-0.1, -0.05) is 0 Å². The van der Waals surface area contributed by atoms with Gasteiger partial charge in [0.1, 0.15) is 4.92 Å². The summed E-state index contributed by atoms with van der Waals surface area (Å²) in [6.07, 6.45) is 2.01.